The number of amides is 1. The van der Waals surface area contributed by atoms with Crippen molar-refractivity contribution in [3.8, 4) is 0 Å². The van der Waals surface area contributed by atoms with Crippen LogP contribution in [0.3, 0.4) is 0 Å². The minimum atomic E-state index is -0.0799. The van der Waals surface area contributed by atoms with Crippen LogP contribution in [0.2, 0.25) is 0 Å². The van der Waals surface area contributed by atoms with E-state index < -0.39 is 0 Å². The van der Waals surface area contributed by atoms with Crippen LogP contribution in [0.15, 0.2) is 35.8 Å². The predicted molar refractivity (Wildman–Crippen MR) is 84.4 cm³/mol. The van der Waals surface area contributed by atoms with E-state index in [9.17, 15) is 4.79 Å². The highest BCUT2D eigenvalue weighted by Crippen LogP contribution is 2.23. The van der Waals surface area contributed by atoms with E-state index in [0.29, 0.717) is 0 Å². The van der Waals surface area contributed by atoms with E-state index in [1.807, 2.05) is 29.6 Å². The zero-order valence-corrected chi connectivity index (χ0v) is 12.8. The van der Waals surface area contributed by atoms with Crippen molar-refractivity contribution in [2.75, 3.05) is 17.2 Å². The Morgan fingerprint density at radius 2 is 1.95 bits per heavy atom. The number of anilines is 2. The third-order valence-corrected chi connectivity index (χ3v) is 3.60. The summed E-state index contributed by atoms with van der Waals surface area (Å²) < 4.78 is 0. The molecule has 0 saturated heterocycles. The first-order valence-electron chi connectivity index (χ1n) is 6.49. The van der Waals surface area contributed by atoms with Gasteiger partial charge in [-0.15, -0.1) is 11.3 Å². The fourth-order valence-corrected chi connectivity index (χ4v) is 2.25. The van der Waals surface area contributed by atoms with Crippen LogP contribution in [-0.4, -0.2) is 17.4 Å². The molecule has 2 N–H and O–H groups in total. The van der Waals surface area contributed by atoms with Crippen molar-refractivity contribution >= 4 is 28.1 Å². The maximum absolute atomic E-state index is 11.8. The molecule has 2 aromatic rings. The molecule has 1 amide bonds. The van der Waals surface area contributed by atoms with Gasteiger partial charge in [0.1, 0.15) is 0 Å². The first kappa shape index (κ1) is 14.5. The second kappa shape index (κ2) is 6.05. The Morgan fingerprint density at radius 1 is 1.25 bits per heavy atom. The second-order valence-electron chi connectivity index (χ2n) is 5.57. The molecule has 0 saturated carbocycles. The number of aromatic nitrogens is 1. The summed E-state index contributed by atoms with van der Waals surface area (Å²) in [6, 6.07) is 7.96. The molecule has 4 nitrogen and oxygen atoms in total. The highest BCUT2D eigenvalue weighted by molar-refractivity contribution is 7.13. The fourth-order valence-electron chi connectivity index (χ4n) is 1.73. The summed E-state index contributed by atoms with van der Waals surface area (Å²) in [6.07, 6.45) is 1.70. The topological polar surface area (TPSA) is 54.0 Å². The molecule has 0 spiro atoms. The van der Waals surface area contributed by atoms with Crippen molar-refractivity contribution in [3.63, 3.8) is 0 Å². The SMILES string of the molecule is CC(C)(C)c1ccc(NC(=O)CNc2nccs2)cc1. The molecule has 1 heterocycles. The molecule has 0 unspecified atom stereocenters. The van der Waals surface area contributed by atoms with Crippen molar-refractivity contribution in [2.45, 2.75) is 26.2 Å². The molecule has 1 aromatic carbocycles. The summed E-state index contributed by atoms with van der Waals surface area (Å²) in [4.78, 5) is 15.9. The third kappa shape index (κ3) is 4.06. The molecular weight excluding hydrogens is 270 g/mol. The maximum atomic E-state index is 11.8. The van der Waals surface area contributed by atoms with Crippen LogP contribution in [0.1, 0.15) is 26.3 Å². The minimum Gasteiger partial charge on any atom is -0.352 e. The molecule has 1 aromatic heterocycles. The number of nitrogens with zero attached hydrogens (tertiary/aromatic N) is 1. The molecule has 0 aliphatic heterocycles. The molecule has 0 bridgehead atoms. The van der Waals surface area contributed by atoms with Crippen LogP contribution in [-0.2, 0) is 10.2 Å². The smallest absolute Gasteiger partial charge is 0.243 e. The van der Waals surface area contributed by atoms with Gasteiger partial charge in [0.05, 0.1) is 6.54 Å². The molecule has 5 heteroatoms. The van der Waals surface area contributed by atoms with Crippen molar-refractivity contribution < 1.29 is 4.79 Å². The van der Waals surface area contributed by atoms with E-state index in [4.69, 9.17) is 0 Å². The summed E-state index contributed by atoms with van der Waals surface area (Å²) in [7, 11) is 0. The average Bonchev–Trinajstić information content (AvgIpc) is 2.89. The van der Waals surface area contributed by atoms with Crippen LogP contribution in [0.4, 0.5) is 10.8 Å². The highest BCUT2D eigenvalue weighted by Gasteiger charge is 2.13. The minimum absolute atomic E-state index is 0.0799. The normalized spacial score (nSPS) is 11.2. The van der Waals surface area contributed by atoms with E-state index in [0.717, 1.165) is 10.8 Å². The molecule has 0 fully saturated rings. The van der Waals surface area contributed by atoms with Gasteiger partial charge in [0.15, 0.2) is 5.13 Å². The Bertz CT molecular complexity index is 556. The number of rotatable bonds is 4. The molecule has 20 heavy (non-hydrogen) atoms. The molecule has 106 valence electrons. The maximum Gasteiger partial charge on any atom is 0.243 e. The van der Waals surface area contributed by atoms with Gasteiger partial charge in [-0.1, -0.05) is 32.9 Å². The van der Waals surface area contributed by atoms with Gasteiger partial charge in [-0.05, 0) is 23.1 Å². The average molecular weight is 289 g/mol. The van der Waals surface area contributed by atoms with Crippen LogP contribution in [0.5, 0.6) is 0 Å². The van der Waals surface area contributed by atoms with E-state index in [2.05, 4.69) is 36.4 Å². The van der Waals surface area contributed by atoms with Gasteiger partial charge >= 0.3 is 0 Å². The molecule has 0 aliphatic carbocycles. The lowest BCUT2D eigenvalue weighted by Gasteiger charge is -2.19. The summed E-state index contributed by atoms with van der Waals surface area (Å²) in [5.41, 5.74) is 2.18. The van der Waals surface area contributed by atoms with Crippen molar-refractivity contribution in [3.05, 3.63) is 41.4 Å². The fraction of sp³-hybridized carbons (Fsp3) is 0.333. The summed E-state index contributed by atoms with van der Waals surface area (Å²) in [6.45, 7) is 6.71. The lowest BCUT2D eigenvalue weighted by Crippen LogP contribution is -2.21. The molecule has 2 rings (SSSR count). The summed E-state index contributed by atoms with van der Waals surface area (Å²) in [5.74, 6) is -0.0799. The van der Waals surface area contributed by atoms with Gasteiger partial charge < -0.3 is 10.6 Å². The van der Waals surface area contributed by atoms with Crippen LogP contribution in [0.25, 0.3) is 0 Å². The molecule has 0 aliphatic rings. The largest absolute Gasteiger partial charge is 0.352 e. The highest BCUT2D eigenvalue weighted by atomic mass is 32.1. The first-order valence-corrected chi connectivity index (χ1v) is 7.37. The number of nitrogens with one attached hydrogen (secondary N) is 2. The standard InChI is InChI=1S/C15H19N3OS/c1-15(2,3)11-4-6-12(7-5-11)18-13(19)10-17-14-16-8-9-20-14/h4-9H,10H2,1-3H3,(H,16,17)(H,18,19). The Hall–Kier alpha value is -1.88. The quantitative estimate of drug-likeness (QED) is 0.906. The van der Waals surface area contributed by atoms with Gasteiger partial charge in [0, 0.05) is 17.3 Å². The lowest BCUT2D eigenvalue weighted by atomic mass is 9.87. The van der Waals surface area contributed by atoms with Crippen molar-refractivity contribution in [1.29, 1.82) is 0 Å². The number of hydrogen-bond acceptors (Lipinski definition) is 4. The van der Waals surface area contributed by atoms with Gasteiger partial charge in [0.25, 0.3) is 0 Å². The summed E-state index contributed by atoms with van der Waals surface area (Å²) >= 11 is 1.47. The van der Waals surface area contributed by atoms with Crippen molar-refractivity contribution in [2.24, 2.45) is 0 Å². The second-order valence-corrected chi connectivity index (χ2v) is 6.46. The number of carbonyl (C=O) groups is 1. The Morgan fingerprint density at radius 3 is 2.50 bits per heavy atom. The Labute approximate surface area is 123 Å². The van der Waals surface area contributed by atoms with Crippen LogP contribution < -0.4 is 10.6 Å². The van der Waals surface area contributed by atoms with E-state index in [1.54, 1.807) is 6.20 Å². The molecular formula is C15H19N3OS. The summed E-state index contributed by atoms with van der Waals surface area (Å²) in [5, 5.41) is 8.45. The Kier molecular flexibility index (Phi) is 4.39. The lowest BCUT2D eigenvalue weighted by molar-refractivity contribution is -0.114. The Balaban J connectivity index is 1.88. The van der Waals surface area contributed by atoms with E-state index in [-0.39, 0.29) is 17.9 Å². The van der Waals surface area contributed by atoms with E-state index in [1.165, 1.54) is 16.9 Å². The molecule has 0 atom stereocenters. The zero-order chi connectivity index (χ0) is 14.6. The van der Waals surface area contributed by atoms with Gasteiger partial charge in [-0.25, -0.2) is 4.98 Å². The van der Waals surface area contributed by atoms with Crippen LogP contribution in [0, 0.1) is 0 Å². The monoisotopic (exact) mass is 289 g/mol. The van der Waals surface area contributed by atoms with Gasteiger partial charge in [-0.2, -0.15) is 0 Å². The molecule has 0 radical (unpaired) electrons. The first-order chi connectivity index (χ1) is 9.45. The number of benzene rings is 1. The van der Waals surface area contributed by atoms with Gasteiger partial charge in [-0.3, -0.25) is 4.79 Å². The van der Waals surface area contributed by atoms with Gasteiger partial charge in [0.2, 0.25) is 5.91 Å². The zero-order valence-electron chi connectivity index (χ0n) is 11.9. The van der Waals surface area contributed by atoms with Crippen LogP contribution >= 0.6 is 11.3 Å². The number of carbonyl (C=O) groups excluding carboxylic acids is 1. The predicted octanol–water partition coefficient (Wildman–Crippen LogP) is 3.49. The third-order valence-electron chi connectivity index (χ3n) is 2.87. The van der Waals surface area contributed by atoms with E-state index >= 15 is 0 Å². The van der Waals surface area contributed by atoms with Crippen molar-refractivity contribution in [1.82, 2.24) is 4.98 Å². The number of thiazole rings is 1. The number of hydrogen-bond donors (Lipinski definition) is 2.